The van der Waals surface area contributed by atoms with Gasteiger partial charge in [0.15, 0.2) is 5.13 Å². The zero-order chi connectivity index (χ0) is 12.4. The Hall–Kier alpha value is -1.46. The number of rotatable bonds is 3. The molecule has 17 heavy (non-hydrogen) atoms. The summed E-state index contributed by atoms with van der Waals surface area (Å²) in [6.07, 6.45) is -0.998. The third kappa shape index (κ3) is 2.62. The lowest BCUT2D eigenvalue weighted by molar-refractivity contribution is -0.125. The summed E-state index contributed by atoms with van der Waals surface area (Å²) in [5, 5.41) is 12.8. The Morgan fingerprint density at radius 2 is 2.12 bits per heavy atom. The number of benzene rings is 1. The number of carbonyl (C=O) groups is 1. The van der Waals surface area contributed by atoms with Gasteiger partial charge in [0.05, 0.1) is 10.2 Å². The highest BCUT2D eigenvalue weighted by Gasteiger charge is 2.19. The maximum Gasteiger partial charge on any atom is 0.255 e. The van der Waals surface area contributed by atoms with Gasteiger partial charge >= 0.3 is 0 Å². The molecule has 0 spiro atoms. The number of hydrogen-bond acceptors (Lipinski definition) is 4. The fourth-order valence-electron chi connectivity index (χ4n) is 1.41. The number of nitrogens with one attached hydrogen (secondary N) is 1. The molecule has 0 unspecified atom stereocenters. The predicted octanol–water partition coefficient (Wildman–Crippen LogP) is 2.25. The molecule has 1 aromatic heterocycles. The number of hydrogen-bond donors (Lipinski definition) is 2. The largest absolute Gasteiger partial charge is 0.383 e. The summed E-state index contributed by atoms with van der Waals surface area (Å²) in [4.78, 5) is 15.9. The number of para-hydroxylation sites is 1. The van der Waals surface area contributed by atoms with Crippen LogP contribution < -0.4 is 5.32 Å². The number of amides is 1. The summed E-state index contributed by atoms with van der Waals surface area (Å²) >= 11 is 1.40. The summed E-state index contributed by atoms with van der Waals surface area (Å²) in [5.41, 5.74) is 0.854. The molecule has 1 atom stereocenters. The van der Waals surface area contributed by atoms with Gasteiger partial charge in [-0.25, -0.2) is 4.98 Å². The number of aliphatic hydroxyl groups excluding tert-OH is 1. The lowest BCUT2D eigenvalue weighted by Crippen LogP contribution is -2.31. The maximum atomic E-state index is 11.6. The summed E-state index contributed by atoms with van der Waals surface area (Å²) in [6, 6.07) is 7.66. The molecule has 2 aromatic rings. The van der Waals surface area contributed by atoms with E-state index in [2.05, 4.69) is 10.3 Å². The number of aromatic nitrogens is 1. The molecule has 4 nitrogen and oxygen atoms in total. The van der Waals surface area contributed by atoms with Crippen LogP contribution in [0, 0.1) is 5.92 Å². The lowest BCUT2D eigenvalue weighted by Gasteiger charge is -2.12. The van der Waals surface area contributed by atoms with Crippen LogP contribution in [-0.4, -0.2) is 22.1 Å². The first-order chi connectivity index (χ1) is 8.08. The maximum absolute atomic E-state index is 11.6. The number of fused-ring (bicyclic) bond motifs is 1. The Bertz CT molecular complexity index is 503. The Morgan fingerprint density at radius 1 is 1.41 bits per heavy atom. The van der Waals surface area contributed by atoms with Crippen molar-refractivity contribution < 1.29 is 9.90 Å². The summed E-state index contributed by atoms with van der Waals surface area (Å²) in [6.45, 7) is 3.59. The van der Waals surface area contributed by atoms with Crippen molar-refractivity contribution in [1.29, 1.82) is 0 Å². The van der Waals surface area contributed by atoms with E-state index in [9.17, 15) is 9.90 Å². The quantitative estimate of drug-likeness (QED) is 0.878. The van der Waals surface area contributed by atoms with Crippen LogP contribution in [-0.2, 0) is 4.79 Å². The van der Waals surface area contributed by atoms with Gasteiger partial charge < -0.3 is 5.11 Å². The predicted molar refractivity (Wildman–Crippen MR) is 69.1 cm³/mol. The van der Waals surface area contributed by atoms with Crippen molar-refractivity contribution in [2.24, 2.45) is 5.92 Å². The summed E-state index contributed by atoms with van der Waals surface area (Å²) in [5.74, 6) is -0.511. The molecule has 90 valence electrons. The highest BCUT2D eigenvalue weighted by Crippen LogP contribution is 2.25. The molecule has 0 radical (unpaired) electrons. The monoisotopic (exact) mass is 250 g/mol. The van der Waals surface area contributed by atoms with E-state index in [-0.39, 0.29) is 5.92 Å². The van der Waals surface area contributed by atoms with Crippen molar-refractivity contribution >= 4 is 32.6 Å². The fraction of sp³-hybridized carbons (Fsp3) is 0.333. The normalized spacial score (nSPS) is 12.9. The SMILES string of the molecule is CC(C)[C@H](O)C(=O)Nc1nc2ccccc2s1. The number of anilines is 1. The Balaban J connectivity index is 2.16. The number of nitrogens with zero attached hydrogens (tertiary/aromatic N) is 1. The molecule has 0 bridgehead atoms. The molecular weight excluding hydrogens is 236 g/mol. The zero-order valence-electron chi connectivity index (χ0n) is 9.68. The van der Waals surface area contributed by atoms with Gasteiger partial charge in [-0.15, -0.1) is 0 Å². The molecule has 0 aliphatic carbocycles. The van der Waals surface area contributed by atoms with Gasteiger partial charge in [-0.1, -0.05) is 37.3 Å². The third-order valence-electron chi connectivity index (χ3n) is 2.42. The molecule has 0 aliphatic rings. The molecule has 0 aliphatic heterocycles. The van der Waals surface area contributed by atoms with Crippen molar-refractivity contribution in [2.75, 3.05) is 5.32 Å². The van der Waals surface area contributed by atoms with E-state index in [4.69, 9.17) is 0 Å². The van der Waals surface area contributed by atoms with Gasteiger partial charge in [-0.2, -0.15) is 0 Å². The van der Waals surface area contributed by atoms with E-state index in [0.29, 0.717) is 5.13 Å². The lowest BCUT2D eigenvalue weighted by atomic mass is 10.1. The molecule has 5 heteroatoms. The minimum atomic E-state index is -0.998. The summed E-state index contributed by atoms with van der Waals surface area (Å²) in [7, 11) is 0. The number of aliphatic hydroxyl groups is 1. The van der Waals surface area contributed by atoms with Crippen molar-refractivity contribution in [3.05, 3.63) is 24.3 Å². The first kappa shape index (κ1) is 12.0. The second-order valence-corrected chi connectivity index (χ2v) is 5.20. The third-order valence-corrected chi connectivity index (χ3v) is 3.38. The molecule has 0 saturated heterocycles. The van der Waals surface area contributed by atoms with Crippen LogP contribution in [0.3, 0.4) is 0 Å². The van der Waals surface area contributed by atoms with Crippen LogP contribution >= 0.6 is 11.3 Å². The molecule has 1 aromatic carbocycles. The van der Waals surface area contributed by atoms with Gasteiger partial charge in [-0.05, 0) is 18.1 Å². The van der Waals surface area contributed by atoms with Gasteiger partial charge in [0.2, 0.25) is 0 Å². The second kappa shape index (κ2) is 4.81. The van der Waals surface area contributed by atoms with Crippen LogP contribution in [0.4, 0.5) is 5.13 Å². The van der Waals surface area contributed by atoms with E-state index >= 15 is 0 Å². The van der Waals surface area contributed by atoms with Gasteiger partial charge in [0.1, 0.15) is 6.10 Å². The van der Waals surface area contributed by atoms with Crippen LogP contribution in [0.5, 0.6) is 0 Å². The average molecular weight is 250 g/mol. The second-order valence-electron chi connectivity index (χ2n) is 4.16. The first-order valence-electron chi connectivity index (χ1n) is 5.42. The number of thiazole rings is 1. The smallest absolute Gasteiger partial charge is 0.255 e. The molecule has 0 fully saturated rings. The van der Waals surface area contributed by atoms with Crippen molar-refractivity contribution in [2.45, 2.75) is 20.0 Å². The molecule has 2 rings (SSSR count). The molecular formula is C12H14N2O2S. The van der Waals surface area contributed by atoms with Gasteiger partial charge in [0.25, 0.3) is 5.91 Å². The van der Waals surface area contributed by atoms with E-state index in [1.807, 2.05) is 24.3 Å². The molecule has 2 N–H and O–H groups in total. The minimum absolute atomic E-state index is 0.107. The van der Waals surface area contributed by atoms with Crippen LogP contribution in [0.2, 0.25) is 0 Å². The Labute approximate surface area is 103 Å². The summed E-state index contributed by atoms with van der Waals surface area (Å²) < 4.78 is 1.02. The highest BCUT2D eigenvalue weighted by molar-refractivity contribution is 7.22. The first-order valence-corrected chi connectivity index (χ1v) is 6.24. The zero-order valence-corrected chi connectivity index (χ0v) is 10.5. The standard InChI is InChI=1S/C12H14N2O2S/c1-7(2)10(15)11(16)14-12-13-8-5-3-4-6-9(8)17-12/h3-7,10,15H,1-2H3,(H,13,14,16)/t10-/m0/s1. The van der Waals surface area contributed by atoms with Crippen molar-refractivity contribution in [3.63, 3.8) is 0 Å². The van der Waals surface area contributed by atoms with Crippen molar-refractivity contribution in [3.8, 4) is 0 Å². The van der Waals surface area contributed by atoms with E-state index in [1.54, 1.807) is 13.8 Å². The molecule has 1 amide bonds. The van der Waals surface area contributed by atoms with Gasteiger partial charge in [0, 0.05) is 0 Å². The topological polar surface area (TPSA) is 62.2 Å². The van der Waals surface area contributed by atoms with E-state index < -0.39 is 12.0 Å². The fourth-order valence-corrected chi connectivity index (χ4v) is 2.28. The van der Waals surface area contributed by atoms with Crippen LogP contribution in [0.1, 0.15) is 13.8 Å². The number of carbonyl (C=O) groups excluding carboxylic acids is 1. The molecule has 1 heterocycles. The van der Waals surface area contributed by atoms with E-state index in [1.165, 1.54) is 11.3 Å². The van der Waals surface area contributed by atoms with Crippen LogP contribution in [0.15, 0.2) is 24.3 Å². The Morgan fingerprint density at radius 3 is 2.76 bits per heavy atom. The average Bonchev–Trinajstić information content (AvgIpc) is 2.69. The molecule has 0 saturated carbocycles. The Kier molecular flexibility index (Phi) is 3.40. The highest BCUT2D eigenvalue weighted by atomic mass is 32.1. The van der Waals surface area contributed by atoms with Gasteiger partial charge in [-0.3, -0.25) is 10.1 Å². The van der Waals surface area contributed by atoms with E-state index in [0.717, 1.165) is 10.2 Å². The van der Waals surface area contributed by atoms with Crippen molar-refractivity contribution in [1.82, 2.24) is 4.98 Å². The minimum Gasteiger partial charge on any atom is -0.383 e. The van der Waals surface area contributed by atoms with Crippen LogP contribution in [0.25, 0.3) is 10.2 Å².